The quantitative estimate of drug-likeness (QED) is 0.280. The van der Waals surface area contributed by atoms with Gasteiger partial charge in [-0.1, -0.05) is 20.3 Å². The molecule has 1 fully saturated rings. The van der Waals surface area contributed by atoms with Crippen molar-refractivity contribution in [2.24, 2.45) is 0 Å². The Hall–Kier alpha value is -4.21. The molecule has 41 heavy (non-hydrogen) atoms. The largest absolute Gasteiger partial charge is 0.497 e. The molecule has 1 saturated heterocycles. The van der Waals surface area contributed by atoms with Gasteiger partial charge in [0.15, 0.2) is 5.65 Å². The number of amides is 1. The summed E-state index contributed by atoms with van der Waals surface area (Å²) in [6, 6.07) is 11.5. The summed E-state index contributed by atoms with van der Waals surface area (Å²) >= 11 is 0. The van der Waals surface area contributed by atoms with E-state index in [0.29, 0.717) is 42.3 Å². The lowest BCUT2D eigenvalue weighted by Gasteiger charge is -2.25. The normalized spacial score (nSPS) is 14.7. The van der Waals surface area contributed by atoms with Gasteiger partial charge < -0.3 is 19.3 Å². The molecular formula is C31H37FN6O3. The maximum absolute atomic E-state index is 13.7. The number of hydrogen-bond acceptors (Lipinski definition) is 7. The molecule has 216 valence electrons. The fourth-order valence-corrected chi connectivity index (χ4v) is 5.40. The zero-order chi connectivity index (χ0) is 29.1. The van der Waals surface area contributed by atoms with Crippen LogP contribution in [0.2, 0.25) is 0 Å². The van der Waals surface area contributed by atoms with Crippen molar-refractivity contribution in [3.8, 4) is 17.2 Å². The zero-order valence-corrected chi connectivity index (χ0v) is 24.4. The Labute approximate surface area is 239 Å². The minimum Gasteiger partial charge on any atom is -0.497 e. The van der Waals surface area contributed by atoms with Crippen LogP contribution in [0.4, 0.5) is 10.2 Å². The Kier molecular flexibility index (Phi) is 8.37. The molecule has 10 heteroatoms. The second-order valence-electron chi connectivity index (χ2n) is 10.5. The van der Waals surface area contributed by atoms with Crippen molar-refractivity contribution in [1.29, 1.82) is 0 Å². The third kappa shape index (κ3) is 5.82. The van der Waals surface area contributed by atoms with E-state index in [1.807, 2.05) is 11.8 Å². The van der Waals surface area contributed by atoms with Gasteiger partial charge in [0.25, 0.3) is 5.91 Å². The van der Waals surface area contributed by atoms with E-state index < -0.39 is 0 Å². The maximum atomic E-state index is 13.7. The fraction of sp³-hybridized carbons (Fsp3) is 0.419. The Bertz CT molecular complexity index is 1520. The highest BCUT2D eigenvalue weighted by Crippen LogP contribution is 2.32. The van der Waals surface area contributed by atoms with Gasteiger partial charge in [0.1, 0.15) is 29.0 Å². The molecule has 2 aromatic carbocycles. The van der Waals surface area contributed by atoms with Gasteiger partial charge >= 0.3 is 0 Å². The van der Waals surface area contributed by atoms with E-state index in [0.717, 1.165) is 54.2 Å². The summed E-state index contributed by atoms with van der Waals surface area (Å²) in [7, 11) is 3.15. The molecule has 0 aliphatic carbocycles. The van der Waals surface area contributed by atoms with E-state index in [1.165, 1.54) is 12.1 Å². The molecule has 1 amide bonds. The van der Waals surface area contributed by atoms with Crippen LogP contribution in [0.25, 0.3) is 16.7 Å². The second kappa shape index (κ2) is 12.1. The first-order valence-corrected chi connectivity index (χ1v) is 14.1. The highest BCUT2D eigenvalue weighted by Gasteiger charge is 2.27. The zero-order valence-electron chi connectivity index (χ0n) is 24.4. The van der Waals surface area contributed by atoms with E-state index in [1.54, 1.807) is 49.2 Å². The van der Waals surface area contributed by atoms with Crippen LogP contribution >= 0.6 is 0 Å². The lowest BCUT2D eigenvalue weighted by atomic mass is 10.1. The first-order chi connectivity index (χ1) is 19.8. The molecule has 1 unspecified atom stereocenters. The van der Waals surface area contributed by atoms with Gasteiger partial charge in [0.2, 0.25) is 0 Å². The van der Waals surface area contributed by atoms with Crippen LogP contribution in [0.15, 0.2) is 42.5 Å². The molecule has 0 bridgehead atoms. The van der Waals surface area contributed by atoms with Crippen LogP contribution in [-0.2, 0) is 0 Å². The molecule has 5 rings (SSSR count). The number of rotatable bonds is 8. The molecule has 1 atom stereocenters. The smallest absolute Gasteiger partial charge is 0.254 e. The minimum absolute atomic E-state index is 0.0607. The number of anilines is 1. The lowest BCUT2D eigenvalue weighted by Crippen LogP contribution is -2.35. The average Bonchev–Trinajstić information content (AvgIpc) is 3.15. The predicted molar refractivity (Wildman–Crippen MR) is 157 cm³/mol. The van der Waals surface area contributed by atoms with Gasteiger partial charge in [-0.15, -0.1) is 0 Å². The Balaban J connectivity index is 1.50. The highest BCUT2D eigenvalue weighted by molar-refractivity contribution is 5.95. The molecule has 4 aromatic rings. The van der Waals surface area contributed by atoms with E-state index in [2.05, 4.69) is 18.7 Å². The van der Waals surface area contributed by atoms with Crippen molar-refractivity contribution in [3.63, 3.8) is 0 Å². The third-order valence-electron chi connectivity index (χ3n) is 7.62. The lowest BCUT2D eigenvalue weighted by molar-refractivity contribution is 0.0766. The molecule has 3 heterocycles. The summed E-state index contributed by atoms with van der Waals surface area (Å²) in [6.07, 6.45) is 2.76. The maximum Gasteiger partial charge on any atom is 0.254 e. The number of benzene rings is 2. The van der Waals surface area contributed by atoms with E-state index in [4.69, 9.17) is 24.5 Å². The van der Waals surface area contributed by atoms with Gasteiger partial charge in [-0.3, -0.25) is 4.79 Å². The topological polar surface area (TPSA) is 85.6 Å². The van der Waals surface area contributed by atoms with Crippen LogP contribution < -0.4 is 14.4 Å². The van der Waals surface area contributed by atoms with Crippen molar-refractivity contribution >= 4 is 22.8 Å². The van der Waals surface area contributed by atoms with E-state index in [9.17, 15) is 9.18 Å². The number of halogens is 1. The number of aromatic nitrogens is 4. The molecule has 0 N–H and O–H groups in total. The molecule has 9 nitrogen and oxygen atoms in total. The second-order valence-corrected chi connectivity index (χ2v) is 10.5. The van der Waals surface area contributed by atoms with Gasteiger partial charge in [-0.25, -0.2) is 19.0 Å². The molecule has 1 aliphatic rings. The minimum atomic E-state index is -0.300. The molecular weight excluding hydrogens is 523 g/mol. The number of ether oxygens (including phenoxy) is 2. The molecule has 0 spiro atoms. The van der Waals surface area contributed by atoms with E-state index >= 15 is 0 Å². The molecule has 0 radical (unpaired) electrons. The number of hydrogen-bond donors (Lipinski definition) is 0. The van der Waals surface area contributed by atoms with Crippen molar-refractivity contribution in [3.05, 3.63) is 65.4 Å². The van der Waals surface area contributed by atoms with Crippen molar-refractivity contribution in [2.45, 2.75) is 46.0 Å². The Morgan fingerprint density at radius 1 is 1.00 bits per heavy atom. The standard InChI is InChI=1S/C31H37FN6O3/c1-6-8-20(2)28-33-29(27-21(3)35-38(30(27)34-28)24-11-9-23(32)10-12-24)36-13-7-14-37(16-15-36)31(39)22-17-25(40-4)19-26(18-22)41-5/h9-12,17-20H,6-8,13-16H2,1-5H3. The number of carbonyl (C=O) groups excluding carboxylic acids is 1. The fourth-order valence-electron chi connectivity index (χ4n) is 5.40. The molecule has 2 aromatic heterocycles. The van der Waals surface area contributed by atoms with Crippen LogP contribution in [0.3, 0.4) is 0 Å². The summed E-state index contributed by atoms with van der Waals surface area (Å²) in [5.74, 6) is 2.55. The number of fused-ring (bicyclic) bond motifs is 1. The summed E-state index contributed by atoms with van der Waals surface area (Å²) in [5, 5.41) is 5.68. The number of methoxy groups -OCH3 is 2. The number of aryl methyl sites for hydroxylation is 1. The van der Waals surface area contributed by atoms with Gasteiger partial charge in [0.05, 0.1) is 31.0 Å². The Morgan fingerprint density at radius 2 is 1.71 bits per heavy atom. The van der Waals surface area contributed by atoms with Crippen LogP contribution in [0, 0.1) is 12.7 Å². The summed E-state index contributed by atoms with van der Waals surface area (Å²) in [5.41, 5.74) is 2.78. The predicted octanol–water partition coefficient (Wildman–Crippen LogP) is 5.54. The van der Waals surface area contributed by atoms with Crippen molar-refractivity contribution in [1.82, 2.24) is 24.6 Å². The van der Waals surface area contributed by atoms with Crippen LogP contribution in [0.1, 0.15) is 60.9 Å². The average molecular weight is 561 g/mol. The van der Waals surface area contributed by atoms with Gasteiger partial charge in [0, 0.05) is 43.7 Å². The van der Waals surface area contributed by atoms with Crippen molar-refractivity contribution in [2.75, 3.05) is 45.3 Å². The molecule has 0 saturated carbocycles. The first kappa shape index (κ1) is 28.3. The Morgan fingerprint density at radius 3 is 2.37 bits per heavy atom. The third-order valence-corrected chi connectivity index (χ3v) is 7.62. The van der Waals surface area contributed by atoms with Crippen LogP contribution in [-0.4, -0.2) is 71.0 Å². The molecule has 1 aliphatic heterocycles. The SMILES string of the molecule is CCCC(C)c1nc(N2CCCN(C(=O)c3cc(OC)cc(OC)c3)CC2)c2c(C)nn(-c3ccc(F)cc3)c2n1. The highest BCUT2D eigenvalue weighted by atomic mass is 19.1. The summed E-state index contributed by atoms with van der Waals surface area (Å²) < 4.78 is 26.2. The summed E-state index contributed by atoms with van der Waals surface area (Å²) in [6.45, 7) is 8.76. The van der Waals surface area contributed by atoms with Crippen LogP contribution in [0.5, 0.6) is 11.5 Å². The summed E-state index contributed by atoms with van der Waals surface area (Å²) in [4.78, 5) is 27.7. The van der Waals surface area contributed by atoms with Crippen molar-refractivity contribution < 1.29 is 18.7 Å². The number of carbonyl (C=O) groups is 1. The monoisotopic (exact) mass is 560 g/mol. The van der Waals surface area contributed by atoms with Gasteiger partial charge in [-0.05, 0) is 56.2 Å². The van der Waals surface area contributed by atoms with Gasteiger partial charge in [-0.2, -0.15) is 5.10 Å². The van der Waals surface area contributed by atoms with E-state index in [-0.39, 0.29) is 17.6 Å². The first-order valence-electron chi connectivity index (χ1n) is 14.1. The number of nitrogens with zero attached hydrogens (tertiary/aromatic N) is 6.